The second-order valence-electron chi connectivity index (χ2n) is 7.67. The molecular formula is C19H29FN2O. The van der Waals surface area contributed by atoms with Crippen LogP contribution in [0.2, 0.25) is 0 Å². The SMILES string of the molecule is CC1(C)CC(CN2CCN(Cc3cccc(F)c3)CC2)CCO1. The molecule has 4 heteroatoms. The molecule has 0 radical (unpaired) electrons. The third-order valence-corrected chi connectivity index (χ3v) is 5.08. The van der Waals surface area contributed by atoms with Crippen molar-refractivity contribution in [1.82, 2.24) is 9.80 Å². The molecule has 1 atom stereocenters. The minimum atomic E-state index is -0.136. The van der Waals surface area contributed by atoms with Crippen molar-refractivity contribution in [2.45, 2.75) is 38.8 Å². The van der Waals surface area contributed by atoms with Crippen LogP contribution in [0.4, 0.5) is 4.39 Å². The molecule has 0 aromatic heterocycles. The molecule has 128 valence electrons. The highest BCUT2D eigenvalue weighted by Crippen LogP contribution is 2.29. The van der Waals surface area contributed by atoms with Crippen LogP contribution in [0.15, 0.2) is 24.3 Å². The van der Waals surface area contributed by atoms with Gasteiger partial charge in [0.2, 0.25) is 0 Å². The van der Waals surface area contributed by atoms with E-state index in [-0.39, 0.29) is 11.4 Å². The third-order valence-electron chi connectivity index (χ3n) is 5.08. The summed E-state index contributed by atoms with van der Waals surface area (Å²) in [5.74, 6) is 0.622. The number of nitrogens with zero attached hydrogens (tertiary/aromatic N) is 2. The Hall–Kier alpha value is -0.970. The topological polar surface area (TPSA) is 15.7 Å². The van der Waals surface area contributed by atoms with Crippen molar-refractivity contribution in [3.63, 3.8) is 0 Å². The molecular weight excluding hydrogens is 291 g/mol. The summed E-state index contributed by atoms with van der Waals surface area (Å²) in [5.41, 5.74) is 1.12. The molecule has 0 bridgehead atoms. The van der Waals surface area contributed by atoms with Crippen LogP contribution in [-0.4, -0.2) is 54.7 Å². The van der Waals surface area contributed by atoms with Crippen molar-refractivity contribution < 1.29 is 9.13 Å². The van der Waals surface area contributed by atoms with E-state index in [9.17, 15) is 4.39 Å². The second kappa shape index (κ2) is 7.29. The highest BCUT2D eigenvalue weighted by Gasteiger charge is 2.30. The van der Waals surface area contributed by atoms with E-state index < -0.39 is 0 Å². The average molecular weight is 320 g/mol. The third kappa shape index (κ3) is 5.00. The molecule has 3 rings (SSSR count). The normalized spacial score (nSPS) is 26.3. The molecule has 2 saturated heterocycles. The summed E-state index contributed by atoms with van der Waals surface area (Å²) in [6.07, 6.45) is 2.35. The molecule has 1 aromatic carbocycles. The van der Waals surface area contributed by atoms with Gasteiger partial charge in [0.05, 0.1) is 5.60 Å². The highest BCUT2D eigenvalue weighted by atomic mass is 19.1. The van der Waals surface area contributed by atoms with Crippen LogP contribution in [0.5, 0.6) is 0 Å². The van der Waals surface area contributed by atoms with Gasteiger partial charge in [-0.05, 0) is 50.3 Å². The predicted octanol–water partition coefficient (Wildman–Crippen LogP) is 3.15. The second-order valence-corrected chi connectivity index (χ2v) is 7.67. The fourth-order valence-corrected chi connectivity index (χ4v) is 3.90. The smallest absolute Gasteiger partial charge is 0.123 e. The summed E-state index contributed by atoms with van der Waals surface area (Å²) in [4.78, 5) is 5.02. The molecule has 3 nitrogen and oxygen atoms in total. The first-order valence-corrected chi connectivity index (χ1v) is 8.83. The Kier molecular flexibility index (Phi) is 5.34. The Morgan fingerprint density at radius 3 is 2.61 bits per heavy atom. The zero-order chi connectivity index (χ0) is 16.3. The number of hydrogen-bond donors (Lipinski definition) is 0. The van der Waals surface area contributed by atoms with Crippen molar-refractivity contribution in [3.8, 4) is 0 Å². The zero-order valence-corrected chi connectivity index (χ0v) is 14.4. The number of rotatable bonds is 4. The van der Waals surface area contributed by atoms with E-state index in [0.29, 0.717) is 0 Å². The van der Waals surface area contributed by atoms with Gasteiger partial charge in [0.1, 0.15) is 5.82 Å². The van der Waals surface area contributed by atoms with Crippen LogP contribution in [-0.2, 0) is 11.3 Å². The minimum absolute atomic E-state index is 0.0438. The quantitative estimate of drug-likeness (QED) is 0.847. The largest absolute Gasteiger partial charge is 0.376 e. The highest BCUT2D eigenvalue weighted by molar-refractivity contribution is 5.16. The van der Waals surface area contributed by atoms with Crippen molar-refractivity contribution in [2.75, 3.05) is 39.3 Å². The molecule has 0 amide bonds. The minimum Gasteiger partial charge on any atom is -0.376 e. The molecule has 0 N–H and O–H groups in total. The first kappa shape index (κ1) is 16.9. The van der Waals surface area contributed by atoms with Crippen LogP contribution < -0.4 is 0 Å². The van der Waals surface area contributed by atoms with Crippen molar-refractivity contribution in [3.05, 3.63) is 35.6 Å². The Morgan fingerprint density at radius 1 is 1.17 bits per heavy atom. The maximum absolute atomic E-state index is 13.3. The van der Waals surface area contributed by atoms with Crippen molar-refractivity contribution in [1.29, 1.82) is 0 Å². The van der Waals surface area contributed by atoms with Gasteiger partial charge in [0.25, 0.3) is 0 Å². The summed E-state index contributed by atoms with van der Waals surface area (Å²) in [6.45, 7) is 11.7. The maximum atomic E-state index is 13.3. The lowest BCUT2D eigenvalue weighted by molar-refractivity contribution is -0.0781. The van der Waals surface area contributed by atoms with Crippen LogP contribution in [0.3, 0.4) is 0 Å². The molecule has 23 heavy (non-hydrogen) atoms. The Bertz CT molecular complexity index is 512. The average Bonchev–Trinajstić information content (AvgIpc) is 2.48. The Morgan fingerprint density at radius 2 is 1.91 bits per heavy atom. The molecule has 1 aromatic rings. The number of ether oxygens (including phenoxy) is 1. The first-order chi connectivity index (χ1) is 11.0. The van der Waals surface area contributed by atoms with Crippen molar-refractivity contribution >= 4 is 0 Å². The summed E-state index contributed by atoms with van der Waals surface area (Å²) in [5, 5.41) is 0. The lowest BCUT2D eigenvalue weighted by atomic mass is 9.88. The van der Waals surface area contributed by atoms with Crippen LogP contribution >= 0.6 is 0 Å². The zero-order valence-electron chi connectivity index (χ0n) is 14.4. The Labute approximate surface area is 139 Å². The van der Waals surface area contributed by atoms with E-state index in [0.717, 1.165) is 57.2 Å². The monoisotopic (exact) mass is 320 g/mol. The molecule has 0 spiro atoms. The number of piperazine rings is 1. The molecule has 2 fully saturated rings. The van der Waals surface area contributed by atoms with E-state index in [1.807, 2.05) is 6.07 Å². The van der Waals surface area contributed by atoms with E-state index in [2.05, 4.69) is 23.6 Å². The van der Waals surface area contributed by atoms with E-state index in [4.69, 9.17) is 4.74 Å². The summed E-state index contributed by atoms with van der Waals surface area (Å²) < 4.78 is 19.1. The molecule has 2 aliphatic rings. The number of halogens is 1. The van der Waals surface area contributed by atoms with Gasteiger partial charge in [-0.1, -0.05) is 12.1 Å². The fraction of sp³-hybridized carbons (Fsp3) is 0.684. The maximum Gasteiger partial charge on any atom is 0.123 e. The Balaban J connectivity index is 1.43. The summed E-state index contributed by atoms with van der Waals surface area (Å²) >= 11 is 0. The van der Waals surface area contributed by atoms with Gasteiger partial charge in [-0.15, -0.1) is 0 Å². The van der Waals surface area contributed by atoms with Crippen LogP contribution in [0.25, 0.3) is 0 Å². The first-order valence-electron chi connectivity index (χ1n) is 8.83. The van der Waals surface area contributed by atoms with Crippen LogP contribution in [0, 0.1) is 11.7 Å². The fourth-order valence-electron chi connectivity index (χ4n) is 3.90. The van der Waals surface area contributed by atoms with Gasteiger partial charge < -0.3 is 9.64 Å². The van der Waals surface area contributed by atoms with Gasteiger partial charge in [0, 0.05) is 45.9 Å². The van der Waals surface area contributed by atoms with Gasteiger partial charge >= 0.3 is 0 Å². The molecule has 0 aliphatic carbocycles. The summed E-state index contributed by atoms with van der Waals surface area (Å²) in [6, 6.07) is 6.97. The number of hydrogen-bond acceptors (Lipinski definition) is 3. The molecule has 0 saturated carbocycles. The van der Waals surface area contributed by atoms with Crippen LogP contribution in [0.1, 0.15) is 32.3 Å². The predicted molar refractivity (Wildman–Crippen MR) is 90.9 cm³/mol. The van der Waals surface area contributed by atoms with Gasteiger partial charge in [-0.25, -0.2) is 4.39 Å². The molecule has 2 heterocycles. The van der Waals surface area contributed by atoms with Crippen molar-refractivity contribution in [2.24, 2.45) is 5.92 Å². The summed E-state index contributed by atoms with van der Waals surface area (Å²) in [7, 11) is 0. The van der Waals surface area contributed by atoms with E-state index in [1.165, 1.54) is 19.0 Å². The van der Waals surface area contributed by atoms with Gasteiger partial charge in [-0.3, -0.25) is 4.90 Å². The lowest BCUT2D eigenvalue weighted by Crippen LogP contribution is -2.48. The van der Waals surface area contributed by atoms with Gasteiger partial charge in [0.15, 0.2) is 0 Å². The molecule has 2 aliphatic heterocycles. The van der Waals surface area contributed by atoms with E-state index in [1.54, 1.807) is 12.1 Å². The number of benzene rings is 1. The standard InChI is InChI=1S/C19H29FN2O/c1-19(2)13-17(6-11-23-19)15-22-9-7-21(8-10-22)14-16-4-3-5-18(20)12-16/h3-5,12,17H,6-11,13-15H2,1-2H3. The lowest BCUT2D eigenvalue weighted by Gasteiger charge is -2.40. The molecule has 1 unspecified atom stereocenters. The van der Waals surface area contributed by atoms with E-state index >= 15 is 0 Å². The van der Waals surface area contributed by atoms with Gasteiger partial charge in [-0.2, -0.15) is 0 Å².